The second kappa shape index (κ2) is 7.96. The van der Waals surface area contributed by atoms with Crippen LogP contribution in [0.2, 0.25) is 0 Å². The Hall–Kier alpha value is -1.96. The Balaban J connectivity index is 1.66. The minimum atomic E-state index is -3.53. The van der Waals surface area contributed by atoms with Crippen LogP contribution in [0, 0.1) is 11.7 Å². The van der Waals surface area contributed by atoms with Gasteiger partial charge in [0.15, 0.2) is 9.84 Å². The molecule has 3 rings (SSSR count). The number of nitrogens with zero attached hydrogens (tertiary/aromatic N) is 2. The lowest BCUT2D eigenvalue weighted by Crippen LogP contribution is -2.52. The number of sulfone groups is 1. The summed E-state index contributed by atoms with van der Waals surface area (Å²) in [7, 11) is -3.53. The maximum absolute atomic E-state index is 14.1. The molecule has 1 saturated heterocycles. The second-order valence-electron chi connectivity index (χ2n) is 7.37. The van der Waals surface area contributed by atoms with Gasteiger partial charge in [-0.15, -0.1) is 0 Å². The first kappa shape index (κ1) is 19.8. The van der Waals surface area contributed by atoms with E-state index in [0.29, 0.717) is 26.2 Å². The Morgan fingerprint density at radius 2 is 1.59 bits per heavy atom. The highest BCUT2D eigenvalue weighted by atomic mass is 32.2. The minimum Gasteiger partial charge on any atom is -0.339 e. The zero-order chi connectivity index (χ0) is 19.6. The van der Waals surface area contributed by atoms with Crippen molar-refractivity contribution >= 4 is 21.7 Å². The molecule has 1 aromatic carbocycles. The first-order valence-electron chi connectivity index (χ1n) is 9.35. The molecule has 0 atom stereocenters. The molecule has 1 aliphatic heterocycles. The molecule has 0 spiro atoms. The molecule has 2 fully saturated rings. The third-order valence-electron chi connectivity index (χ3n) is 5.43. The summed E-state index contributed by atoms with van der Waals surface area (Å²) in [6, 6.07) is 3.25. The van der Waals surface area contributed by atoms with Crippen LogP contribution in [0.3, 0.4) is 0 Å². The van der Waals surface area contributed by atoms with Crippen LogP contribution in [0.4, 0.5) is 4.39 Å². The molecule has 1 aliphatic carbocycles. The molecule has 1 saturated carbocycles. The fourth-order valence-corrected chi connectivity index (χ4v) is 4.45. The highest BCUT2D eigenvalue weighted by molar-refractivity contribution is 7.90. The molecule has 0 unspecified atom stereocenters. The van der Waals surface area contributed by atoms with Crippen molar-refractivity contribution in [3.8, 4) is 0 Å². The van der Waals surface area contributed by atoms with Crippen molar-refractivity contribution in [3.05, 3.63) is 29.6 Å². The fourth-order valence-electron chi connectivity index (χ4n) is 3.81. The van der Waals surface area contributed by atoms with Gasteiger partial charge in [0.1, 0.15) is 5.82 Å². The van der Waals surface area contributed by atoms with Gasteiger partial charge in [-0.05, 0) is 31.0 Å². The van der Waals surface area contributed by atoms with Crippen molar-refractivity contribution in [2.75, 3.05) is 32.4 Å². The monoisotopic (exact) mass is 396 g/mol. The third-order valence-corrected chi connectivity index (χ3v) is 6.54. The summed E-state index contributed by atoms with van der Waals surface area (Å²) in [6.45, 7) is 1.49. The van der Waals surface area contributed by atoms with E-state index in [1.165, 1.54) is 11.3 Å². The molecule has 148 valence electrons. The Kier molecular flexibility index (Phi) is 5.83. The zero-order valence-electron chi connectivity index (χ0n) is 15.5. The Morgan fingerprint density at radius 1 is 1.00 bits per heavy atom. The van der Waals surface area contributed by atoms with E-state index < -0.39 is 21.6 Å². The van der Waals surface area contributed by atoms with E-state index in [9.17, 15) is 22.4 Å². The van der Waals surface area contributed by atoms with E-state index in [-0.39, 0.29) is 22.3 Å². The lowest BCUT2D eigenvalue weighted by Gasteiger charge is -2.37. The van der Waals surface area contributed by atoms with Gasteiger partial charge in [-0.1, -0.05) is 19.3 Å². The molecular formula is C19H25FN2O4S. The predicted molar refractivity (Wildman–Crippen MR) is 98.6 cm³/mol. The van der Waals surface area contributed by atoms with Gasteiger partial charge in [0.2, 0.25) is 5.91 Å². The van der Waals surface area contributed by atoms with E-state index in [0.717, 1.165) is 50.1 Å². The van der Waals surface area contributed by atoms with Gasteiger partial charge in [0.25, 0.3) is 5.91 Å². The topological polar surface area (TPSA) is 74.8 Å². The van der Waals surface area contributed by atoms with Crippen molar-refractivity contribution < 1.29 is 22.4 Å². The number of piperazine rings is 1. The van der Waals surface area contributed by atoms with Gasteiger partial charge in [0, 0.05) is 38.4 Å². The lowest BCUT2D eigenvalue weighted by atomic mass is 9.88. The molecule has 27 heavy (non-hydrogen) atoms. The molecule has 0 N–H and O–H groups in total. The first-order chi connectivity index (χ1) is 12.8. The third kappa shape index (κ3) is 4.48. The van der Waals surface area contributed by atoms with Crippen LogP contribution in [0.1, 0.15) is 42.5 Å². The quantitative estimate of drug-likeness (QED) is 0.734. The number of hydrogen-bond donors (Lipinski definition) is 0. The normalized spacial score (nSPS) is 19.2. The zero-order valence-corrected chi connectivity index (χ0v) is 16.3. The number of hydrogen-bond acceptors (Lipinski definition) is 4. The summed E-state index contributed by atoms with van der Waals surface area (Å²) in [6.07, 6.45) is 6.24. The Morgan fingerprint density at radius 3 is 2.19 bits per heavy atom. The summed E-state index contributed by atoms with van der Waals surface area (Å²) >= 11 is 0. The number of carbonyl (C=O) groups excluding carboxylic acids is 2. The van der Waals surface area contributed by atoms with Crippen molar-refractivity contribution in [1.82, 2.24) is 9.80 Å². The second-order valence-corrected chi connectivity index (χ2v) is 9.38. The number of rotatable bonds is 3. The predicted octanol–water partition coefficient (Wildman–Crippen LogP) is 2.09. The Bertz CT molecular complexity index is 826. The number of halogens is 1. The van der Waals surface area contributed by atoms with E-state index in [4.69, 9.17) is 0 Å². The van der Waals surface area contributed by atoms with Crippen LogP contribution < -0.4 is 0 Å². The maximum Gasteiger partial charge on any atom is 0.256 e. The van der Waals surface area contributed by atoms with Crippen LogP contribution >= 0.6 is 0 Å². The molecule has 1 heterocycles. The van der Waals surface area contributed by atoms with Crippen LogP contribution in [-0.2, 0) is 14.6 Å². The Labute approximate surface area is 159 Å². The average molecular weight is 396 g/mol. The van der Waals surface area contributed by atoms with Crippen LogP contribution in [0.15, 0.2) is 23.1 Å². The summed E-state index contributed by atoms with van der Waals surface area (Å²) in [5, 5.41) is 0. The largest absolute Gasteiger partial charge is 0.339 e. The molecule has 2 amide bonds. The fraction of sp³-hybridized carbons (Fsp3) is 0.579. The SMILES string of the molecule is CS(=O)(=O)c1ccc(F)c(C(=O)N2CCN(C(=O)C3CCCCC3)CC2)c1. The molecule has 0 radical (unpaired) electrons. The molecule has 6 nitrogen and oxygen atoms in total. The van der Waals surface area contributed by atoms with E-state index in [1.54, 1.807) is 4.90 Å². The van der Waals surface area contributed by atoms with Gasteiger partial charge in [-0.2, -0.15) is 0 Å². The summed E-state index contributed by atoms with van der Waals surface area (Å²) in [4.78, 5) is 28.5. The van der Waals surface area contributed by atoms with Crippen LogP contribution in [0.25, 0.3) is 0 Å². The van der Waals surface area contributed by atoms with Gasteiger partial charge >= 0.3 is 0 Å². The van der Waals surface area contributed by atoms with Crippen molar-refractivity contribution in [2.45, 2.75) is 37.0 Å². The van der Waals surface area contributed by atoms with Crippen molar-refractivity contribution in [2.24, 2.45) is 5.92 Å². The van der Waals surface area contributed by atoms with Crippen LogP contribution in [0.5, 0.6) is 0 Å². The van der Waals surface area contributed by atoms with E-state index >= 15 is 0 Å². The van der Waals surface area contributed by atoms with Gasteiger partial charge < -0.3 is 9.80 Å². The van der Waals surface area contributed by atoms with Gasteiger partial charge in [-0.3, -0.25) is 9.59 Å². The lowest BCUT2D eigenvalue weighted by molar-refractivity contribution is -0.138. The molecule has 0 aromatic heterocycles. The van der Waals surface area contributed by atoms with Gasteiger partial charge in [-0.25, -0.2) is 12.8 Å². The molecule has 2 aliphatic rings. The summed E-state index contributed by atoms with van der Waals surface area (Å²) in [5.41, 5.74) is -0.245. The minimum absolute atomic E-state index is 0.0848. The smallest absolute Gasteiger partial charge is 0.256 e. The van der Waals surface area contributed by atoms with Crippen molar-refractivity contribution in [3.63, 3.8) is 0 Å². The van der Waals surface area contributed by atoms with E-state index in [2.05, 4.69) is 0 Å². The highest BCUT2D eigenvalue weighted by Crippen LogP contribution is 2.26. The summed E-state index contributed by atoms with van der Waals surface area (Å²) in [5.74, 6) is -1.03. The van der Waals surface area contributed by atoms with Gasteiger partial charge in [0.05, 0.1) is 10.5 Å². The molecule has 1 aromatic rings. The highest BCUT2D eigenvalue weighted by Gasteiger charge is 2.30. The standard InChI is InChI=1S/C19H25FN2O4S/c1-27(25,26)15-7-8-17(20)16(13-15)19(24)22-11-9-21(10-12-22)18(23)14-5-3-2-4-6-14/h7-8,13-14H,2-6,9-12H2,1H3. The summed E-state index contributed by atoms with van der Waals surface area (Å²) < 4.78 is 37.4. The van der Waals surface area contributed by atoms with E-state index in [1.807, 2.05) is 0 Å². The van der Waals surface area contributed by atoms with Crippen molar-refractivity contribution in [1.29, 1.82) is 0 Å². The molecule has 0 bridgehead atoms. The van der Waals surface area contributed by atoms with Crippen LogP contribution in [-0.4, -0.2) is 62.5 Å². The first-order valence-corrected chi connectivity index (χ1v) is 11.2. The number of benzene rings is 1. The maximum atomic E-state index is 14.1. The molecule has 8 heteroatoms. The average Bonchev–Trinajstić information content (AvgIpc) is 2.67. The molecular weight excluding hydrogens is 371 g/mol. The number of amides is 2. The number of carbonyl (C=O) groups is 2.